The number of ketones is 1. The molecular formula is C17H25N2O4+. The van der Waals surface area contributed by atoms with Crippen molar-refractivity contribution >= 4 is 11.8 Å². The standard InChI is InChI=1S/C17H24N2O4/c1-13-2-4-14(5-3-13)16(20)12-15(17(21)22)18-6-7-19-8-10-23-11-9-19/h2-5,15,18H,6-12H2,1H3,(H,21,22)/p+1/t15-/m1/s1. The number of rotatable bonds is 8. The summed E-state index contributed by atoms with van der Waals surface area (Å²) in [6.07, 6.45) is -0.0379. The fraction of sp³-hybridized carbons (Fsp3) is 0.529. The van der Waals surface area contributed by atoms with E-state index in [9.17, 15) is 14.7 Å². The third kappa shape index (κ3) is 5.74. The van der Waals surface area contributed by atoms with Gasteiger partial charge in [0.1, 0.15) is 32.2 Å². The number of carboxylic acid groups (broad SMARTS) is 1. The summed E-state index contributed by atoms with van der Waals surface area (Å²) in [5, 5.41) is 13.0. The Morgan fingerprint density at radius 1 is 1.26 bits per heavy atom. The number of ether oxygens (including phenoxy) is 1. The molecule has 1 saturated heterocycles. The van der Waals surface area contributed by atoms with Crippen molar-refractivity contribution in [2.45, 2.75) is 19.4 Å². The first kappa shape index (κ1) is 17.6. The van der Waals surface area contributed by atoms with E-state index < -0.39 is 12.0 Å². The Morgan fingerprint density at radius 3 is 2.52 bits per heavy atom. The van der Waals surface area contributed by atoms with Crippen molar-refractivity contribution in [3.05, 3.63) is 35.4 Å². The number of morpholine rings is 1. The normalized spacial score (nSPS) is 16.9. The summed E-state index contributed by atoms with van der Waals surface area (Å²) < 4.78 is 5.30. The molecule has 126 valence electrons. The Hall–Kier alpha value is -1.76. The lowest BCUT2D eigenvalue weighted by Gasteiger charge is -2.24. The van der Waals surface area contributed by atoms with Crippen LogP contribution in [0.25, 0.3) is 0 Å². The maximum absolute atomic E-state index is 12.2. The molecule has 1 aliphatic rings. The quantitative estimate of drug-likeness (QED) is 0.505. The molecule has 0 spiro atoms. The Morgan fingerprint density at radius 2 is 1.91 bits per heavy atom. The van der Waals surface area contributed by atoms with Gasteiger partial charge in [-0.15, -0.1) is 0 Å². The smallest absolute Gasteiger partial charge is 0.169 e. The molecule has 1 aromatic rings. The first-order valence-corrected chi connectivity index (χ1v) is 8.11. The molecule has 1 aromatic carbocycles. The van der Waals surface area contributed by atoms with Gasteiger partial charge < -0.3 is 24.9 Å². The summed E-state index contributed by atoms with van der Waals surface area (Å²) in [6.45, 7) is 6.88. The maximum Gasteiger partial charge on any atom is 0.169 e. The lowest BCUT2D eigenvalue weighted by molar-refractivity contribution is -0.920. The van der Waals surface area contributed by atoms with Gasteiger partial charge in [-0.3, -0.25) is 4.79 Å². The first-order valence-electron chi connectivity index (χ1n) is 8.11. The summed E-state index contributed by atoms with van der Waals surface area (Å²) in [5.74, 6) is -1.34. The van der Waals surface area contributed by atoms with Gasteiger partial charge in [0.2, 0.25) is 0 Å². The third-order valence-electron chi connectivity index (χ3n) is 4.23. The molecule has 0 bridgehead atoms. The van der Waals surface area contributed by atoms with E-state index in [1.165, 1.54) is 4.90 Å². The highest BCUT2D eigenvalue weighted by Crippen LogP contribution is 2.06. The first-order chi connectivity index (χ1) is 11.1. The van der Waals surface area contributed by atoms with Crippen molar-refractivity contribution < 1.29 is 29.6 Å². The van der Waals surface area contributed by atoms with E-state index in [1.807, 2.05) is 19.1 Å². The zero-order chi connectivity index (χ0) is 16.7. The van der Waals surface area contributed by atoms with Crippen LogP contribution in [0.2, 0.25) is 0 Å². The van der Waals surface area contributed by atoms with Crippen LogP contribution in [0.4, 0.5) is 0 Å². The highest BCUT2D eigenvalue weighted by atomic mass is 16.5. The van der Waals surface area contributed by atoms with Crippen LogP contribution in [0, 0.1) is 6.92 Å². The number of carbonyl (C=O) groups is 2. The van der Waals surface area contributed by atoms with Gasteiger partial charge in [0.25, 0.3) is 0 Å². The van der Waals surface area contributed by atoms with Gasteiger partial charge in [0, 0.05) is 5.56 Å². The van der Waals surface area contributed by atoms with Crippen LogP contribution in [0.15, 0.2) is 24.3 Å². The summed E-state index contributed by atoms with van der Waals surface area (Å²) in [5.41, 5.74) is 1.62. The zero-order valence-corrected chi connectivity index (χ0v) is 13.5. The van der Waals surface area contributed by atoms with E-state index in [0.29, 0.717) is 12.1 Å². The van der Waals surface area contributed by atoms with Crippen LogP contribution in [0.3, 0.4) is 0 Å². The number of Topliss-reactive ketones (excluding diaryl/α,β-unsaturated/α-hetero) is 1. The monoisotopic (exact) mass is 321 g/mol. The largest absolute Gasteiger partial charge is 0.544 e. The van der Waals surface area contributed by atoms with Gasteiger partial charge in [0.15, 0.2) is 5.78 Å². The number of carbonyl (C=O) groups excluding carboxylic acids is 2. The number of aliphatic carboxylic acids is 1. The molecule has 0 saturated carbocycles. The van der Waals surface area contributed by atoms with Crippen molar-refractivity contribution in [2.24, 2.45) is 0 Å². The van der Waals surface area contributed by atoms with Crippen LogP contribution in [0.5, 0.6) is 0 Å². The lowest BCUT2D eigenvalue weighted by atomic mass is 10.0. The molecule has 0 aliphatic carbocycles. The molecule has 0 unspecified atom stereocenters. The second-order valence-corrected chi connectivity index (χ2v) is 6.06. The number of nitrogens with two attached hydrogens (primary N) is 1. The minimum atomic E-state index is -1.18. The molecule has 0 radical (unpaired) electrons. The van der Waals surface area contributed by atoms with Crippen LogP contribution < -0.4 is 15.3 Å². The lowest BCUT2D eigenvalue weighted by Crippen LogP contribution is -3.16. The van der Waals surface area contributed by atoms with E-state index in [1.54, 1.807) is 17.4 Å². The number of carboxylic acids is 1. The Labute approximate surface area is 136 Å². The summed E-state index contributed by atoms with van der Waals surface area (Å²) >= 11 is 0. The molecule has 0 aromatic heterocycles. The van der Waals surface area contributed by atoms with Crippen LogP contribution in [-0.2, 0) is 9.53 Å². The minimum absolute atomic E-state index is 0.0379. The number of hydrogen-bond acceptors (Lipinski definition) is 4. The Bertz CT molecular complexity index is 524. The highest BCUT2D eigenvalue weighted by molar-refractivity contribution is 5.98. The average Bonchev–Trinajstić information content (AvgIpc) is 2.55. The molecule has 1 heterocycles. The molecule has 0 amide bonds. The van der Waals surface area contributed by atoms with Gasteiger partial charge in [0.05, 0.1) is 25.6 Å². The predicted octanol–water partition coefficient (Wildman–Crippen LogP) is -2.84. The number of hydrogen-bond donors (Lipinski definition) is 2. The third-order valence-corrected chi connectivity index (χ3v) is 4.23. The van der Waals surface area contributed by atoms with Crippen molar-refractivity contribution in [2.75, 3.05) is 39.4 Å². The highest BCUT2D eigenvalue weighted by Gasteiger charge is 2.21. The van der Waals surface area contributed by atoms with Crippen molar-refractivity contribution in [3.8, 4) is 0 Å². The van der Waals surface area contributed by atoms with Crippen molar-refractivity contribution in [3.63, 3.8) is 0 Å². The van der Waals surface area contributed by atoms with Gasteiger partial charge in [-0.25, -0.2) is 0 Å². The van der Waals surface area contributed by atoms with Gasteiger partial charge >= 0.3 is 0 Å². The second kappa shape index (κ2) is 8.76. The van der Waals surface area contributed by atoms with E-state index in [-0.39, 0.29) is 12.2 Å². The van der Waals surface area contributed by atoms with Crippen molar-refractivity contribution in [1.29, 1.82) is 0 Å². The topological polar surface area (TPSA) is 87.5 Å². The van der Waals surface area contributed by atoms with E-state index in [0.717, 1.165) is 38.4 Å². The van der Waals surface area contributed by atoms with E-state index in [2.05, 4.69) is 0 Å². The second-order valence-electron chi connectivity index (χ2n) is 6.06. The molecule has 1 fully saturated rings. The van der Waals surface area contributed by atoms with Crippen molar-refractivity contribution in [1.82, 2.24) is 0 Å². The summed E-state index contributed by atoms with van der Waals surface area (Å²) in [7, 11) is 0. The molecule has 2 rings (SSSR count). The Kier molecular flexibility index (Phi) is 6.70. The van der Waals surface area contributed by atoms with E-state index >= 15 is 0 Å². The molecular weight excluding hydrogens is 296 g/mol. The number of nitrogens with one attached hydrogen (secondary N) is 1. The van der Waals surface area contributed by atoms with Gasteiger partial charge in [-0.05, 0) is 6.92 Å². The number of benzene rings is 1. The SMILES string of the molecule is Cc1ccc(C(=O)C[C@@H]([NH2+]CC[NH+]2CCOCC2)C(=O)[O-])cc1. The molecule has 23 heavy (non-hydrogen) atoms. The van der Waals surface area contributed by atoms with Gasteiger partial charge in [-0.2, -0.15) is 0 Å². The van der Waals surface area contributed by atoms with Gasteiger partial charge in [-0.1, -0.05) is 29.8 Å². The van der Waals surface area contributed by atoms with E-state index in [4.69, 9.17) is 4.74 Å². The Balaban J connectivity index is 1.81. The molecule has 6 nitrogen and oxygen atoms in total. The van der Waals surface area contributed by atoms with Crippen LogP contribution >= 0.6 is 0 Å². The molecule has 3 N–H and O–H groups in total. The maximum atomic E-state index is 12.2. The average molecular weight is 321 g/mol. The molecule has 1 aliphatic heterocycles. The van der Waals surface area contributed by atoms with Crippen LogP contribution in [0.1, 0.15) is 22.3 Å². The van der Waals surface area contributed by atoms with Crippen LogP contribution in [-0.4, -0.2) is 57.2 Å². The predicted molar refractivity (Wildman–Crippen MR) is 82.1 cm³/mol. The minimum Gasteiger partial charge on any atom is -0.544 e. The number of aryl methyl sites for hydroxylation is 1. The summed E-state index contributed by atoms with van der Waals surface area (Å²) in [6, 6.07) is 6.35. The fourth-order valence-corrected chi connectivity index (χ4v) is 2.72. The summed E-state index contributed by atoms with van der Waals surface area (Å²) in [4.78, 5) is 24.9. The molecule has 1 atom stereocenters. The fourth-order valence-electron chi connectivity index (χ4n) is 2.72. The number of quaternary nitrogens is 2. The zero-order valence-electron chi connectivity index (χ0n) is 13.5. The molecule has 6 heteroatoms.